The Morgan fingerprint density at radius 2 is 2.00 bits per heavy atom. The maximum absolute atomic E-state index is 13.0. The first-order valence-electron chi connectivity index (χ1n) is 7.13. The third-order valence-corrected chi connectivity index (χ3v) is 2.93. The van der Waals surface area contributed by atoms with E-state index in [4.69, 9.17) is 10.5 Å². The molecule has 2 rings (SSSR count). The van der Waals surface area contributed by atoms with Crippen LogP contribution in [-0.2, 0) is 0 Å². The molecule has 0 aliphatic heterocycles. The number of benzene rings is 2. The number of nitrogens with zero attached hydrogens (tertiary/aromatic N) is 1. The van der Waals surface area contributed by atoms with Crippen LogP contribution in [0.4, 0.5) is 10.1 Å². The third kappa shape index (κ3) is 5.44. The number of hydrogen-bond acceptors (Lipinski definition) is 3. The summed E-state index contributed by atoms with van der Waals surface area (Å²) in [7, 11) is 0. The molecule has 0 heterocycles. The Kier molecular flexibility index (Phi) is 5.77. The molecular formula is C17H20FN3O. The maximum Gasteiger partial charge on any atom is 0.125 e. The van der Waals surface area contributed by atoms with Crippen LogP contribution < -0.4 is 15.8 Å². The Morgan fingerprint density at radius 1 is 1.23 bits per heavy atom. The van der Waals surface area contributed by atoms with Crippen LogP contribution in [0.5, 0.6) is 5.75 Å². The van der Waals surface area contributed by atoms with Crippen molar-refractivity contribution < 1.29 is 9.13 Å². The molecule has 0 saturated heterocycles. The van der Waals surface area contributed by atoms with Crippen LogP contribution in [0.1, 0.15) is 6.92 Å². The second-order valence-electron chi connectivity index (χ2n) is 4.94. The van der Waals surface area contributed by atoms with E-state index >= 15 is 0 Å². The fraction of sp³-hybridized carbons (Fsp3) is 0.235. The highest BCUT2D eigenvalue weighted by molar-refractivity contribution is 5.84. The minimum atomic E-state index is -0.287. The molecular weight excluding hydrogens is 281 g/mol. The predicted octanol–water partition coefficient (Wildman–Crippen LogP) is 3.06. The molecule has 0 saturated carbocycles. The van der Waals surface area contributed by atoms with Crippen molar-refractivity contribution in [3.05, 3.63) is 60.4 Å². The van der Waals surface area contributed by atoms with Crippen LogP contribution in [0.2, 0.25) is 0 Å². The van der Waals surface area contributed by atoms with E-state index in [-0.39, 0.29) is 11.9 Å². The molecule has 2 aromatic rings. The topological polar surface area (TPSA) is 59.6 Å². The van der Waals surface area contributed by atoms with Crippen molar-refractivity contribution in [2.45, 2.75) is 13.0 Å². The van der Waals surface area contributed by atoms with Gasteiger partial charge in [-0.25, -0.2) is 4.39 Å². The molecule has 0 aliphatic rings. The van der Waals surface area contributed by atoms with Gasteiger partial charge in [-0.1, -0.05) is 24.3 Å². The van der Waals surface area contributed by atoms with E-state index < -0.39 is 0 Å². The summed E-state index contributed by atoms with van der Waals surface area (Å²) in [5, 5.41) is 3.02. The molecule has 0 radical (unpaired) electrons. The molecule has 22 heavy (non-hydrogen) atoms. The molecule has 3 N–H and O–H groups in total. The maximum atomic E-state index is 13.0. The Balaban J connectivity index is 1.77. The molecule has 1 atom stereocenters. The van der Waals surface area contributed by atoms with Gasteiger partial charge in [0.25, 0.3) is 0 Å². The normalized spacial score (nSPS) is 12.7. The van der Waals surface area contributed by atoms with Crippen LogP contribution in [0.3, 0.4) is 0 Å². The molecule has 1 unspecified atom stereocenters. The van der Waals surface area contributed by atoms with Gasteiger partial charge in [-0.15, -0.1) is 0 Å². The number of amidine groups is 1. The molecule has 0 amide bonds. The molecule has 2 aromatic carbocycles. The summed E-state index contributed by atoms with van der Waals surface area (Å²) in [6.45, 7) is 2.76. The average Bonchev–Trinajstić information content (AvgIpc) is 2.52. The van der Waals surface area contributed by atoms with Crippen molar-refractivity contribution in [3.8, 4) is 5.75 Å². The van der Waals surface area contributed by atoms with Crippen molar-refractivity contribution >= 4 is 11.5 Å². The lowest BCUT2D eigenvalue weighted by Gasteiger charge is -2.13. The zero-order valence-corrected chi connectivity index (χ0v) is 12.5. The lowest BCUT2D eigenvalue weighted by atomic mass is 10.3. The van der Waals surface area contributed by atoms with Gasteiger partial charge in [0.05, 0.1) is 13.1 Å². The van der Waals surface area contributed by atoms with E-state index in [1.165, 1.54) is 12.1 Å². The first-order chi connectivity index (χ1) is 10.6. The number of hydrogen-bond donors (Lipinski definition) is 2. The summed E-state index contributed by atoms with van der Waals surface area (Å²) in [4.78, 5) is 4.27. The van der Waals surface area contributed by atoms with Gasteiger partial charge in [-0.2, -0.15) is 0 Å². The number of para-hydroxylation sites is 1. The van der Waals surface area contributed by atoms with Gasteiger partial charge in [0.15, 0.2) is 0 Å². The van der Waals surface area contributed by atoms with Crippen molar-refractivity contribution in [2.24, 2.45) is 10.7 Å². The highest BCUT2D eigenvalue weighted by Crippen LogP contribution is 2.11. The van der Waals surface area contributed by atoms with Crippen molar-refractivity contribution in [3.63, 3.8) is 0 Å². The van der Waals surface area contributed by atoms with Crippen LogP contribution in [-0.4, -0.2) is 25.0 Å². The highest BCUT2D eigenvalue weighted by atomic mass is 19.1. The molecule has 5 heteroatoms. The summed E-state index contributed by atoms with van der Waals surface area (Å²) < 4.78 is 18.7. The number of aliphatic imine (C=N–C) groups is 1. The Labute approximate surface area is 129 Å². The fourth-order valence-electron chi connectivity index (χ4n) is 1.86. The van der Waals surface area contributed by atoms with Gasteiger partial charge >= 0.3 is 0 Å². The van der Waals surface area contributed by atoms with Gasteiger partial charge in [0.1, 0.15) is 23.5 Å². The Bertz CT molecular complexity index is 616. The SMILES string of the molecule is CC(CN=C(N)CNc1cccc(F)c1)Oc1ccccc1. The van der Waals surface area contributed by atoms with Gasteiger partial charge in [0, 0.05) is 5.69 Å². The number of anilines is 1. The van der Waals surface area contributed by atoms with Crippen LogP contribution in [0.15, 0.2) is 59.6 Å². The molecule has 0 spiro atoms. The van der Waals surface area contributed by atoms with E-state index in [0.29, 0.717) is 24.6 Å². The minimum absolute atomic E-state index is 0.0740. The predicted molar refractivity (Wildman–Crippen MR) is 87.9 cm³/mol. The molecule has 0 aromatic heterocycles. The van der Waals surface area contributed by atoms with Crippen molar-refractivity contribution in [2.75, 3.05) is 18.4 Å². The number of halogens is 1. The van der Waals surface area contributed by atoms with Gasteiger partial charge in [-0.05, 0) is 37.3 Å². The summed E-state index contributed by atoms with van der Waals surface area (Å²) in [6, 6.07) is 15.8. The average molecular weight is 301 g/mol. The van der Waals surface area contributed by atoms with E-state index in [1.54, 1.807) is 12.1 Å². The zero-order valence-electron chi connectivity index (χ0n) is 12.5. The number of ether oxygens (including phenoxy) is 1. The van der Waals surface area contributed by atoms with E-state index in [1.807, 2.05) is 37.3 Å². The third-order valence-electron chi connectivity index (χ3n) is 2.93. The second kappa shape index (κ2) is 8.02. The van der Waals surface area contributed by atoms with Gasteiger partial charge in [-0.3, -0.25) is 4.99 Å². The van der Waals surface area contributed by atoms with Crippen LogP contribution in [0, 0.1) is 5.82 Å². The molecule has 0 bridgehead atoms. The quantitative estimate of drug-likeness (QED) is 0.610. The fourth-order valence-corrected chi connectivity index (χ4v) is 1.86. The highest BCUT2D eigenvalue weighted by Gasteiger charge is 2.03. The first-order valence-corrected chi connectivity index (χ1v) is 7.13. The number of nitrogens with two attached hydrogens (primary N) is 1. The summed E-state index contributed by atoms with van der Waals surface area (Å²) in [6.07, 6.45) is -0.0740. The van der Waals surface area contributed by atoms with Crippen LogP contribution in [0.25, 0.3) is 0 Å². The second-order valence-corrected chi connectivity index (χ2v) is 4.94. The minimum Gasteiger partial charge on any atom is -0.489 e. The molecule has 116 valence electrons. The van der Waals surface area contributed by atoms with Crippen LogP contribution >= 0.6 is 0 Å². The largest absolute Gasteiger partial charge is 0.489 e. The number of nitrogens with one attached hydrogen (secondary N) is 1. The molecule has 0 fully saturated rings. The van der Waals surface area contributed by atoms with E-state index in [2.05, 4.69) is 10.3 Å². The molecule has 0 aliphatic carbocycles. The van der Waals surface area contributed by atoms with Crippen molar-refractivity contribution in [1.29, 1.82) is 0 Å². The first kappa shape index (κ1) is 15.8. The monoisotopic (exact) mass is 301 g/mol. The Morgan fingerprint density at radius 3 is 2.73 bits per heavy atom. The summed E-state index contributed by atoms with van der Waals surface area (Å²) in [5.41, 5.74) is 6.51. The smallest absolute Gasteiger partial charge is 0.125 e. The number of rotatable bonds is 7. The standard InChI is InChI=1S/C17H20FN3O/c1-13(22-16-8-3-2-4-9-16)11-21-17(19)12-20-15-7-5-6-14(18)10-15/h2-10,13,20H,11-12H2,1H3,(H2,19,21). The van der Waals surface area contributed by atoms with Gasteiger partial charge in [0.2, 0.25) is 0 Å². The summed E-state index contributed by atoms with van der Waals surface area (Å²) in [5.74, 6) is 0.972. The lowest BCUT2D eigenvalue weighted by molar-refractivity contribution is 0.230. The van der Waals surface area contributed by atoms with Crippen molar-refractivity contribution in [1.82, 2.24) is 0 Å². The van der Waals surface area contributed by atoms with Gasteiger partial charge < -0.3 is 15.8 Å². The lowest BCUT2D eigenvalue weighted by Crippen LogP contribution is -2.25. The molecule has 4 nitrogen and oxygen atoms in total. The van der Waals surface area contributed by atoms with E-state index in [0.717, 1.165) is 5.75 Å². The summed E-state index contributed by atoms with van der Waals surface area (Å²) >= 11 is 0. The zero-order chi connectivity index (χ0) is 15.8. The van der Waals surface area contributed by atoms with E-state index in [9.17, 15) is 4.39 Å². The Hall–Kier alpha value is -2.56.